The molecule has 0 N–H and O–H groups in total. The summed E-state index contributed by atoms with van der Waals surface area (Å²) in [5, 5.41) is 10.8. The molecule has 0 aliphatic carbocycles. The van der Waals surface area contributed by atoms with Crippen molar-refractivity contribution < 1.29 is 19.2 Å². The zero-order valence-corrected chi connectivity index (χ0v) is 10.7. The van der Waals surface area contributed by atoms with Gasteiger partial charge in [0, 0.05) is 4.92 Å². The summed E-state index contributed by atoms with van der Waals surface area (Å²) >= 11 is 0. The maximum atomic E-state index is 11.7. The standard InChI is InChI=1S/C13H15NO5/c1-9(15)12(13(16)19-2)11(8-14(17)18)10-6-4-3-5-7-10/h3-7,11-12H,8H2,1-2H3/t11-,12?/m1/s1. The van der Waals surface area contributed by atoms with E-state index in [2.05, 4.69) is 4.74 Å². The highest BCUT2D eigenvalue weighted by Crippen LogP contribution is 2.27. The number of ether oxygens (including phenoxy) is 1. The first-order valence-electron chi connectivity index (χ1n) is 5.72. The molecule has 0 aromatic heterocycles. The Morgan fingerprint density at radius 3 is 2.32 bits per heavy atom. The van der Waals surface area contributed by atoms with Crippen molar-refractivity contribution in [2.75, 3.05) is 13.7 Å². The molecule has 19 heavy (non-hydrogen) atoms. The molecule has 2 atom stereocenters. The molecule has 1 aromatic rings. The third kappa shape index (κ3) is 3.87. The summed E-state index contributed by atoms with van der Waals surface area (Å²) in [4.78, 5) is 33.5. The third-order valence-electron chi connectivity index (χ3n) is 2.87. The molecule has 0 radical (unpaired) electrons. The minimum atomic E-state index is -1.15. The van der Waals surface area contributed by atoms with Crippen molar-refractivity contribution in [3.8, 4) is 0 Å². The fraction of sp³-hybridized carbons (Fsp3) is 0.385. The van der Waals surface area contributed by atoms with E-state index in [9.17, 15) is 19.7 Å². The summed E-state index contributed by atoms with van der Waals surface area (Å²) < 4.78 is 4.58. The molecule has 6 nitrogen and oxygen atoms in total. The molecule has 1 aromatic carbocycles. The molecular formula is C13H15NO5. The van der Waals surface area contributed by atoms with Crippen LogP contribution in [0.4, 0.5) is 0 Å². The summed E-state index contributed by atoms with van der Waals surface area (Å²) in [5.41, 5.74) is 0.574. The number of methoxy groups -OCH3 is 1. The number of nitrogens with zero attached hydrogens (tertiary/aromatic N) is 1. The topological polar surface area (TPSA) is 86.5 Å². The van der Waals surface area contributed by atoms with Crippen LogP contribution in [0.25, 0.3) is 0 Å². The largest absolute Gasteiger partial charge is 0.468 e. The van der Waals surface area contributed by atoms with Gasteiger partial charge in [0.15, 0.2) is 0 Å². The van der Waals surface area contributed by atoms with Crippen molar-refractivity contribution in [1.29, 1.82) is 0 Å². The number of carbonyl (C=O) groups excluding carboxylic acids is 2. The number of Topliss-reactive ketones (excluding diaryl/α,β-unsaturated/α-hetero) is 1. The zero-order chi connectivity index (χ0) is 14.4. The first-order valence-corrected chi connectivity index (χ1v) is 5.72. The van der Waals surface area contributed by atoms with E-state index in [0.29, 0.717) is 5.56 Å². The van der Waals surface area contributed by atoms with Gasteiger partial charge in [0.2, 0.25) is 6.54 Å². The average molecular weight is 265 g/mol. The summed E-state index contributed by atoms with van der Waals surface area (Å²) in [5.74, 6) is -3.16. The predicted octanol–water partition coefficient (Wildman–Crippen LogP) is 1.43. The third-order valence-corrected chi connectivity index (χ3v) is 2.87. The van der Waals surface area contributed by atoms with E-state index in [1.807, 2.05) is 0 Å². The quantitative estimate of drug-likeness (QED) is 0.336. The van der Waals surface area contributed by atoms with Gasteiger partial charge in [-0.15, -0.1) is 0 Å². The van der Waals surface area contributed by atoms with Crippen molar-refractivity contribution in [2.24, 2.45) is 5.92 Å². The second kappa shape index (κ2) is 6.63. The van der Waals surface area contributed by atoms with Gasteiger partial charge in [-0.05, 0) is 12.5 Å². The van der Waals surface area contributed by atoms with Crippen molar-refractivity contribution in [3.63, 3.8) is 0 Å². The fourth-order valence-corrected chi connectivity index (χ4v) is 2.00. The molecule has 1 rings (SSSR count). The zero-order valence-electron chi connectivity index (χ0n) is 10.7. The summed E-state index contributed by atoms with van der Waals surface area (Å²) in [6.45, 7) is 0.737. The van der Waals surface area contributed by atoms with Crippen LogP contribution in [-0.2, 0) is 14.3 Å². The lowest BCUT2D eigenvalue weighted by Crippen LogP contribution is -2.33. The van der Waals surface area contributed by atoms with Crippen LogP contribution < -0.4 is 0 Å². The van der Waals surface area contributed by atoms with Crippen molar-refractivity contribution in [2.45, 2.75) is 12.8 Å². The summed E-state index contributed by atoms with van der Waals surface area (Å²) in [6.07, 6.45) is 0. The lowest BCUT2D eigenvalue weighted by Gasteiger charge is -2.20. The first kappa shape index (κ1) is 14.8. The molecule has 0 bridgehead atoms. The maximum Gasteiger partial charge on any atom is 0.317 e. The highest BCUT2D eigenvalue weighted by molar-refractivity contribution is 5.98. The molecule has 0 spiro atoms. The van der Waals surface area contributed by atoms with Gasteiger partial charge in [-0.2, -0.15) is 0 Å². The normalized spacial score (nSPS) is 13.4. The minimum absolute atomic E-state index is 0.442. The Morgan fingerprint density at radius 2 is 1.89 bits per heavy atom. The van der Waals surface area contributed by atoms with Gasteiger partial charge in [0.05, 0.1) is 13.0 Å². The molecule has 102 valence electrons. The van der Waals surface area contributed by atoms with Gasteiger partial charge in [0.25, 0.3) is 0 Å². The molecule has 1 unspecified atom stereocenters. The van der Waals surface area contributed by atoms with E-state index in [0.717, 1.165) is 7.11 Å². The molecule has 0 fully saturated rings. The number of ketones is 1. The fourth-order valence-electron chi connectivity index (χ4n) is 2.00. The Hall–Kier alpha value is -2.24. The number of carbonyl (C=O) groups is 2. The van der Waals surface area contributed by atoms with Crippen LogP contribution in [-0.4, -0.2) is 30.3 Å². The first-order chi connectivity index (χ1) is 8.97. The van der Waals surface area contributed by atoms with Crippen LogP contribution in [0.3, 0.4) is 0 Å². The van der Waals surface area contributed by atoms with Gasteiger partial charge in [0.1, 0.15) is 11.7 Å². The molecule has 0 amide bonds. The number of nitro groups is 1. The smallest absolute Gasteiger partial charge is 0.317 e. The van der Waals surface area contributed by atoms with Crippen LogP contribution in [0.2, 0.25) is 0 Å². The van der Waals surface area contributed by atoms with E-state index in [1.165, 1.54) is 6.92 Å². The SMILES string of the molecule is COC(=O)C(C(C)=O)[C@H](C[N+](=O)[O-])c1ccccc1. The molecule has 6 heteroatoms. The maximum absolute atomic E-state index is 11.7. The van der Waals surface area contributed by atoms with Gasteiger partial charge in [-0.3, -0.25) is 19.7 Å². The highest BCUT2D eigenvalue weighted by Gasteiger charge is 2.37. The van der Waals surface area contributed by atoms with E-state index in [4.69, 9.17) is 0 Å². The number of benzene rings is 1. The van der Waals surface area contributed by atoms with E-state index in [-0.39, 0.29) is 0 Å². The van der Waals surface area contributed by atoms with E-state index < -0.39 is 35.1 Å². The Labute approximate surface area is 110 Å². The molecular weight excluding hydrogens is 250 g/mol. The van der Waals surface area contributed by atoms with Crippen LogP contribution in [0.15, 0.2) is 30.3 Å². The lowest BCUT2D eigenvalue weighted by atomic mass is 9.83. The van der Waals surface area contributed by atoms with Crippen molar-refractivity contribution in [3.05, 3.63) is 46.0 Å². The Kier molecular flexibility index (Phi) is 5.17. The predicted molar refractivity (Wildman–Crippen MR) is 67.2 cm³/mol. The minimum Gasteiger partial charge on any atom is -0.468 e. The van der Waals surface area contributed by atoms with Gasteiger partial charge in [-0.1, -0.05) is 30.3 Å². The molecule has 0 saturated heterocycles. The molecule has 0 saturated carbocycles. The van der Waals surface area contributed by atoms with Crippen LogP contribution in [0, 0.1) is 16.0 Å². The molecule has 0 heterocycles. The second-order valence-electron chi connectivity index (χ2n) is 4.14. The number of esters is 1. The summed E-state index contributed by atoms with van der Waals surface area (Å²) in [7, 11) is 1.16. The Morgan fingerprint density at radius 1 is 1.32 bits per heavy atom. The second-order valence-corrected chi connectivity index (χ2v) is 4.14. The summed E-state index contributed by atoms with van der Waals surface area (Å²) in [6, 6.07) is 8.49. The van der Waals surface area contributed by atoms with E-state index >= 15 is 0 Å². The average Bonchev–Trinajstić information content (AvgIpc) is 2.37. The lowest BCUT2D eigenvalue weighted by molar-refractivity contribution is -0.484. The number of rotatable bonds is 6. The molecule has 0 aliphatic heterocycles. The number of hydrogen-bond acceptors (Lipinski definition) is 5. The van der Waals surface area contributed by atoms with Crippen LogP contribution in [0.1, 0.15) is 18.4 Å². The van der Waals surface area contributed by atoms with Crippen molar-refractivity contribution >= 4 is 11.8 Å². The highest BCUT2D eigenvalue weighted by atomic mass is 16.6. The van der Waals surface area contributed by atoms with Crippen molar-refractivity contribution in [1.82, 2.24) is 0 Å². The van der Waals surface area contributed by atoms with Crippen LogP contribution in [0.5, 0.6) is 0 Å². The van der Waals surface area contributed by atoms with Crippen LogP contribution >= 0.6 is 0 Å². The number of hydrogen-bond donors (Lipinski definition) is 0. The Bertz CT molecular complexity index is 471. The van der Waals surface area contributed by atoms with Gasteiger partial charge in [-0.25, -0.2) is 0 Å². The van der Waals surface area contributed by atoms with E-state index in [1.54, 1.807) is 30.3 Å². The van der Waals surface area contributed by atoms with Gasteiger partial charge >= 0.3 is 5.97 Å². The Balaban J connectivity index is 3.17. The van der Waals surface area contributed by atoms with Gasteiger partial charge < -0.3 is 4.74 Å². The monoisotopic (exact) mass is 265 g/mol. The molecule has 0 aliphatic rings.